The Morgan fingerprint density at radius 3 is 2.35 bits per heavy atom. The van der Waals surface area contributed by atoms with Crippen LogP contribution in [-0.2, 0) is 15.8 Å². The summed E-state index contributed by atoms with van der Waals surface area (Å²) in [6, 6.07) is 2.76. The van der Waals surface area contributed by atoms with Gasteiger partial charge in [-0.05, 0) is 37.5 Å². The van der Waals surface area contributed by atoms with Crippen molar-refractivity contribution < 1.29 is 22.8 Å². The smallest absolute Gasteiger partial charge is 0.342 e. The van der Waals surface area contributed by atoms with Crippen LogP contribution in [0.4, 0.5) is 18.9 Å². The zero-order valence-electron chi connectivity index (χ0n) is 14.7. The van der Waals surface area contributed by atoms with Gasteiger partial charge in [0, 0.05) is 13.1 Å². The zero-order valence-corrected chi connectivity index (χ0v) is 15.5. The molecule has 2 rings (SSSR count). The van der Waals surface area contributed by atoms with E-state index in [2.05, 4.69) is 5.32 Å². The normalized spacial score (nSPS) is 19.2. The van der Waals surface area contributed by atoms with E-state index in [1.807, 2.05) is 13.8 Å². The molecule has 1 aliphatic carbocycles. The molecule has 0 heterocycles. The first-order chi connectivity index (χ1) is 12.2. The molecule has 1 N–H and O–H groups in total. The van der Waals surface area contributed by atoms with Crippen LogP contribution in [0.1, 0.15) is 38.7 Å². The summed E-state index contributed by atoms with van der Waals surface area (Å²) < 4.78 is 38.4. The van der Waals surface area contributed by atoms with Crippen molar-refractivity contribution in [3.8, 4) is 0 Å². The zero-order chi connectivity index (χ0) is 19.5. The molecule has 0 radical (unpaired) electrons. The van der Waals surface area contributed by atoms with Gasteiger partial charge in [0.05, 0.1) is 28.1 Å². The van der Waals surface area contributed by atoms with Crippen LogP contribution < -0.4 is 5.32 Å². The molecule has 26 heavy (non-hydrogen) atoms. The molecular weight excluding hydrogens is 369 g/mol. The summed E-state index contributed by atoms with van der Waals surface area (Å²) in [7, 11) is 0. The molecule has 8 heteroatoms. The van der Waals surface area contributed by atoms with Crippen LogP contribution in [0.25, 0.3) is 0 Å². The van der Waals surface area contributed by atoms with Crippen LogP contribution >= 0.6 is 11.6 Å². The van der Waals surface area contributed by atoms with E-state index in [4.69, 9.17) is 11.6 Å². The summed E-state index contributed by atoms with van der Waals surface area (Å²) in [5.41, 5.74) is -0.985. The number of carbonyl (C=O) groups is 2. The number of hydrogen-bond donors (Lipinski definition) is 1. The molecule has 144 valence electrons. The Bertz CT molecular complexity index is 673. The van der Waals surface area contributed by atoms with Gasteiger partial charge in [-0.3, -0.25) is 9.59 Å². The van der Waals surface area contributed by atoms with Crippen LogP contribution in [0.5, 0.6) is 0 Å². The van der Waals surface area contributed by atoms with Crippen molar-refractivity contribution in [2.45, 2.75) is 39.3 Å². The summed E-state index contributed by atoms with van der Waals surface area (Å²) in [6.45, 7) is 5.22. The van der Waals surface area contributed by atoms with Crippen molar-refractivity contribution in [3.63, 3.8) is 0 Å². The highest BCUT2D eigenvalue weighted by Crippen LogP contribution is 2.42. The van der Waals surface area contributed by atoms with Gasteiger partial charge in [0.25, 0.3) is 0 Å². The molecule has 1 saturated carbocycles. The number of nitrogens with one attached hydrogen (secondary N) is 1. The van der Waals surface area contributed by atoms with Crippen molar-refractivity contribution in [1.29, 1.82) is 0 Å². The third-order valence-corrected chi connectivity index (χ3v) is 4.62. The lowest BCUT2D eigenvalue weighted by atomic mass is 10.2. The van der Waals surface area contributed by atoms with Gasteiger partial charge in [0.15, 0.2) is 0 Å². The maximum atomic E-state index is 12.8. The van der Waals surface area contributed by atoms with Gasteiger partial charge in [-0.25, -0.2) is 0 Å². The van der Waals surface area contributed by atoms with Crippen molar-refractivity contribution in [2.24, 2.45) is 11.8 Å². The highest BCUT2D eigenvalue weighted by atomic mass is 35.5. The molecule has 4 nitrogen and oxygen atoms in total. The lowest BCUT2D eigenvalue weighted by molar-refractivity contribution is -0.137. The lowest BCUT2D eigenvalue weighted by Gasteiger charge is -2.21. The number of amides is 2. The molecule has 0 spiro atoms. The second-order valence-electron chi connectivity index (χ2n) is 6.46. The van der Waals surface area contributed by atoms with Crippen LogP contribution in [0.15, 0.2) is 18.2 Å². The Balaban J connectivity index is 2.03. The van der Waals surface area contributed by atoms with E-state index in [1.54, 1.807) is 4.90 Å². The maximum Gasteiger partial charge on any atom is 0.416 e. The summed E-state index contributed by atoms with van der Waals surface area (Å²) in [5.74, 6) is -1.47. The van der Waals surface area contributed by atoms with E-state index in [9.17, 15) is 22.8 Å². The van der Waals surface area contributed by atoms with Gasteiger partial charge in [-0.15, -0.1) is 0 Å². The third kappa shape index (κ3) is 4.90. The number of nitrogens with zero attached hydrogens (tertiary/aromatic N) is 1. The van der Waals surface area contributed by atoms with E-state index in [0.717, 1.165) is 31.0 Å². The minimum Gasteiger partial charge on any atom is -0.342 e. The molecule has 0 bridgehead atoms. The van der Waals surface area contributed by atoms with Crippen molar-refractivity contribution in [1.82, 2.24) is 4.90 Å². The maximum absolute atomic E-state index is 12.8. The molecule has 1 aliphatic rings. The Labute approximate surface area is 155 Å². The third-order valence-electron chi connectivity index (χ3n) is 4.29. The Kier molecular flexibility index (Phi) is 6.55. The Morgan fingerprint density at radius 2 is 1.81 bits per heavy atom. The minimum absolute atomic E-state index is 0.0217. The van der Waals surface area contributed by atoms with Crippen molar-refractivity contribution >= 4 is 29.1 Å². The van der Waals surface area contributed by atoms with Crippen LogP contribution in [0, 0.1) is 11.8 Å². The fourth-order valence-electron chi connectivity index (χ4n) is 2.89. The Hall–Kier alpha value is -1.76. The molecule has 0 aromatic heterocycles. The molecule has 2 atom stereocenters. The van der Waals surface area contributed by atoms with Gasteiger partial charge < -0.3 is 10.2 Å². The second kappa shape index (κ2) is 8.29. The molecule has 1 aromatic carbocycles. The second-order valence-corrected chi connectivity index (χ2v) is 6.86. The quantitative estimate of drug-likeness (QED) is 0.740. The average molecular weight is 391 g/mol. The summed E-state index contributed by atoms with van der Waals surface area (Å²) in [5, 5.41) is 2.45. The van der Waals surface area contributed by atoms with Crippen molar-refractivity contribution in [3.05, 3.63) is 28.8 Å². The number of rotatable bonds is 7. The lowest BCUT2D eigenvalue weighted by Crippen LogP contribution is -2.34. The minimum atomic E-state index is -4.52. The number of carbonyl (C=O) groups excluding carboxylic acids is 2. The molecule has 2 amide bonds. The number of anilines is 1. The number of halogens is 4. The first-order valence-corrected chi connectivity index (χ1v) is 9.03. The van der Waals surface area contributed by atoms with E-state index >= 15 is 0 Å². The topological polar surface area (TPSA) is 49.4 Å². The highest BCUT2D eigenvalue weighted by Gasteiger charge is 2.49. The standard InChI is InChI=1S/C18H22ClF3N2O2/c1-3-7-24(8-4-2)17(26)13-10-12(13)16(25)23-15-9-11(18(20,21)22)5-6-14(15)19/h5-6,9,12-13H,3-4,7-8,10H2,1-2H3,(H,23,25). The molecule has 0 aliphatic heterocycles. The predicted octanol–water partition coefficient (Wildman–Crippen LogP) is 4.58. The predicted molar refractivity (Wildman–Crippen MR) is 93.8 cm³/mol. The van der Waals surface area contributed by atoms with E-state index in [1.165, 1.54) is 0 Å². The number of alkyl halides is 3. The van der Waals surface area contributed by atoms with Crippen LogP contribution in [-0.4, -0.2) is 29.8 Å². The first kappa shape index (κ1) is 20.6. The largest absolute Gasteiger partial charge is 0.416 e. The van der Waals surface area contributed by atoms with E-state index in [0.29, 0.717) is 19.5 Å². The molecule has 0 saturated heterocycles. The molecular formula is C18H22ClF3N2O2. The van der Waals surface area contributed by atoms with Crippen molar-refractivity contribution in [2.75, 3.05) is 18.4 Å². The number of benzene rings is 1. The molecule has 1 fully saturated rings. The highest BCUT2D eigenvalue weighted by molar-refractivity contribution is 6.33. The van der Waals surface area contributed by atoms with E-state index < -0.39 is 29.5 Å². The van der Waals surface area contributed by atoms with Gasteiger partial charge in [-0.1, -0.05) is 25.4 Å². The first-order valence-electron chi connectivity index (χ1n) is 8.65. The number of hydrogen-bond acceptors (Lipinski definition) is 2. The van der Waals surface area contributed by atoms with Gasteiger partial charge >= 0.3 is 6.18 Å². The SMILES string of the molecule is CCCN(CCC)C(=O)C1CC1C(=O)Nc1cc(C(F)(F)F)ccc1Cl. The Morgan fingerprint density at radius 1 is 1.19 bits per heavy atom. The molecule has 2 unspecified atom stereocenters. The fourth-order valence-corrected chi connectivity index (χ4v) is 3.05. The summed E-state index contributed by atoms with van der Waals surface area (Å²) in [4.78, 5) is 26.5. The van der Waals surface area contributed by atoms with Gasteiger partial charge in [0.2, 0.25) is 11.8 Å². The molecule has 1 aromatic rings. The average Bonchev–Trinajstić information content (AvgIpc) is 3.35. The van der Waals surface area contributed by atoms with Crippen LogP contribution in [0.2, 0.25) is 5.02 Å². The van der Waals surface area contributed by atoms with E-state index in [-0.39, 0.29) is 16.6 Å². The summed E-state index contributed by atoms with van der Waals surface area (Å²) >= 11 is 5.89. The fraction of sp³-hybridized carbons (Fsp3) is 0.556. The monoisotopic (exact) mass is 390 g/mol. The summed E-state index contributed by atoms with van der Waals surface area (Å²) in [6.07, 6.45) is -2.46. The van der Waals surface area contributed by atoms with Crippen LogP contribution in [0.3, 0.4) is 0 Å². The van der Waals surface area contributed by atoms with Gasteiger partial charge in [0.1, 0.15) is 0 Å². The van der Waals surface area contributed by atoms with Gasteiger partial charge in [-0.2, -0.15) is 13.2 Å².